The second kappa shape index (κ2) is 5.86. The molecule has 2 rings (SSSR count). The highest BCUT2D eigenvalue weighted by Crippen LogP contribution is 2.37. The molecule has 92 valence electrons. The number of hydrogen-bond acceptors (Lipinski definition) is 1. The Labute approximate surface area is 99.9 Å². The lowest BCUT2D eigenvalue weighted by molar-refractivity contribution is 0.0149. The van der Waals surface area contributed by atoms with Crippen LogP contribution in [-0.2, 0) is 0 Å². The van der Waals surface area contributed by atoms with Crippen molar-refractivity contribution in [1.29, 1.82) is 0 Å². The lowest BCUT2D eigenvalue weighted by Gasteiger charge is -2.36. The zero-order valence-corrected chi connectivity index (χ0v) is 10.4. The van der Waals surface area contributed by atoms with Gasteiger partial charge < -0.3 is 5.11 Å². The average molecular weight is 222 g/mol. The quantitative estimate of drug-likeness (QED) is 0.718. The monoisotopic (exact) mass is 222 g/mol. The average Bonchev–Trinajstić information content (AvgIpc) is 2.39. The summed E-state index contributed by atoms with van der Waals surface area (Å²) in [6.07, 6.45) is 13.6. The van der Waals surface area contributed by atoms with Gasteiger partial charge in [-0.15, -0.1) is 6.58 Å². The predicted octanol–water partition coefficient (Wildman–Crippen LogP) is 3.92. The lowest BCUT2D eigenvalue weighted by Crippen LogP contribution is -2.33. The SMILES string of the molecule is C=C[C@H]1CC[C@H](C(O)C2CCCCC2)CC1. The second-order valence-electron chi connectivity index (χ2n) is 5.80. The van der Waals surface area contributed by atoms with Gasteiger partial charge in [0.2, 0.25) is 0 Å². The van der Waals surface area contributed by atoms with Crippen molar-refractivity contribution < 1.29 is 5.11 Å². The van der Waals surface area contributed by atoms with E-state index in [9.17, 15) is 5.11 Å². The first-order valence-corrected chi connectivity index (χ1v) is 7.12. The predicted molar refractivity (Wildman–Crippen MR) is 68.2 cm³/mol. The molecule has 0 aromatic carbocycles. The summed E-state index contributed by atoms with van der Waals surface area (Å²) < 4.78 is 0. The standard InChI is InChI=1S/C15H26O/c1-2-12-8-10-14(11-9-12)15(16)13-6-4-3-5-7-13/h2,12-16H,1,3-11H2/t12-,14-,15?. The minimum atomic E-state index is -0.00827. The molecule has 2 saturated carbocycles. The molecule has 0 aliphatic heterocycles. The fourth-order valence-corrected chi connectivity index (χ4v) is 3.58. The molecule has 2 fully saturated rings. The highest BCUT2D eigenvalue weighted by molar-refractivity contribution is 4.88. The molecule has 2 aliphatic carbocycles. The molecule has 2 aliphatic rings. The van der Waals surface area contributed by atoms with Crippen LogP contribution in [0.4, 0.5) is 0 Å². The first-order chi connectivity index (χ1) is 7.81. The van der Waals surface area contributed by atoms with Gasteiger partial charge in [-0.2, -0.15) is 0 Å². The lowest BCUT2D eigenvalue weighted by atomic mass is 9.73. The summed E-state index contributed by atoms with van der Waals surface area (Å²) in [6, 6.07) is 0. The van der Waals surface area contributed by atoms with Crippen molar-refractivity contribution in [2.45, 2.75) is 63.9 Å². The van der Waals surface area contributed by atoms with E-state index < -0.39 is 0 Å². The molecular formula is C15H26O. The summed E-state index contributed by atoms with van der Waals surface area (Å²) in [5, 5.41) is 10.4. The maximum absolute atomic E-state index is 10.4. The highest BCUT2D eigenvalue weighted by atomic mass is 16.3. The Morgan fingerprint density at radius 3 is 2.00 bits per heavy atom. The molecule has 1 nitrogen and oxygen atoms in total. The maximum atomic E-state index is 10.4. The van der Waals surface area contributed by atoms with Crippen LogP contribution in [-0.4, -0.2) is 11.2 Å². The van der Waals surface area contributed by atoms with Gasteiger partial charge in [-0.1, -0.05) is 25.3 Å². The number of hydrogen-bond donors (Lipinski definition) is 1. The van der Waals surface area contributed by atoms with Crippen LogP contribution in [0.3, 0.4) is 0 Å². The number of aliphatic hydroxyl groups is 1. The third-order valence-corrected chi connectivity index (χ3v) is 4.77. The Balaban J connectivity index is 1.80. The molecular weight excluding hydrogens is 196 g/mol. The van der Waals surface area contributed by atoms with E-state index in [1.54, 1.807) is 0 Å². The Morgan fingerprint density at radius 2 is 1.44 bits per heavy atom. The normalized spacial score (nSPS) is 34.6. The van der Waals surface area contributed by atoms with Gasteiger partial charge in [-0.25, -0.2) is 0 Å². The van der Waals surface area contributed by atoms with Crippen molar-refractivity contribution in [1.82, 2.24) is 0 Å². The van der Waals surface area contributed by atoms with Crippen molar-refractivity contribution in [3.8, 4) is 0 Å². The minimum Gasteiger partial charge on any atom is -0.393 e. The number of aliphatic hydroxyl groups excluding tert-OH is 1. The van der Waals surface area contributed by atoms with Crippen molar-refractivity contribution in [2.75, 3.05) is 0 Å². The summed E-state index contributed by atoms with van der Waals surface area (Å²) in [5.74, 6) is 1.91. The third kappa shape index (κ3) is 2.88. The molecule has 16 heavy (non-hydrogen) atoms. The van der Waals surface area contributed by atoms with Gasteiger partial charge >= 0.3 is 0 Å². The number of allylic oxidation sites excluding steroid dienone is 1. The van der Waals surface area contributed by atoms with Crippen LogP contribution in [0.1, 0.15) is 57.8 Å². The van der Waals surface area contributed by atoms with Gasteiger partial charge in [0.25, 0.3) is 0 Å². The summed E-state index contributed by atoms with van der Waals surface area (Å²) in [6.45, 7) is 3.88. The van der Waals surface area contributed by atoms with Crippen molar-refractivity contribution in [3.05, 3.63) is 12.7 Å². The molecule has 0 spiro atoms. The molecule has 0 amide bonds. The third-order valence-electron chi connectivity index (χ3n) is 4.77. The van der Waals surface area contributed by atoms with E-state index in [2.05, 4.69) is 12.7 Å². The van der Waals surface area contributed by atoms with E-state index in [1.807, 2.05) is 0 Å². The van der Waals surface area contributed by atoms with Gasteiger partial charge in [0.15, 0.2) is 0 Å². The molecule has 0 aromatic heterocycles. The van der Waals surface area contributed by atoms with Gasteiger partial charge in [-0.3, -0.25) is 0 Å². The van der Waals surface area contributed by atoms with Crippen LogP contribution in [0, 0.1) is 17.8 Å². The first-order valence-electron chi connectivity index (χ1n) is 7.12. The van der Waals surface area contributed by atoms with Gasteiger partial charge in [0, 0.05) is 0 Å². The molecule has 0 aromatic rings. The topological polar surface area (TPSA) is 20.2 Å². The fourth-order valence-electron chi connectivity index (χ4n) is 3.58. The summed E-state index contributed by atoms with van der Waals surface area (Å²) in [4.78, 5) is 0. The Morgan fingerprint density at radius 1 is 0.875 bits per heavy atom. The van der Waals surface area contributed by atoms with E-state index in [0.717, 1.165) is 5.92 Å². The van der Waals surface area contributed by atoms with Gasteiger partial charge in [-0.05, 0) is 56.3 Å². The molecule has 0 saturated heterocycles. The molecule has 0 radical (unpaired) electrons. The van der Waals surface area contributed by atoms with Crippen LogP contribution < -0.4 is 0 Å². The maximum Gasteiger partial charge on any atom is 0.0596 e. The van der Waals surface area contributed by atoms with Crippen LogP contribution in [0.5, 0.6) is 0 Å². The number of rotatable bonds is 3. The highest BCUT2D eigenvalue weighted by Gasteiger charge is 2.31. The van der Waals surface area contributed by atoms with Crippen LogP contribution >= 0.6 is 0 Å². The van der Waals surface area contributed by atoms with E-state index in [1.165, 1.54) is 57.8 Å². The largest absolute Gasteiger partial charge is 0.393 e. The zero-order valence-electron chi connectivity index (χ0n) is 10.4. The molecule has 1 N–H and O–H groups in total. The molecule has 0 heterocycles. The molecule has 1 heteroatoms. The zero-order chi connectivity index (χ0) is 11.4. The fraction of sp³-hybridized carbons (Fsp3) is 0.867. The van der Waals surface area contributed by atoms with Crippen LogP contribution in [0.15, 0.2) is 12.7 Å². The van der Waals surface area contributed by atoms with E-state index in [-0.39, 0.29) is 6.10 Å². The molecule has 1 atom stereocenters. The Kier molecular flexibility index (Phi) is 4.45. The van der Waals surface area contributed by atoms with Crippen molar-refractivity contribution in [2.24, 2.45) is 17.8 Å². The summed E-state index contributed by atoms with van der Waals surface area (Å²) >= 11 is 0. The Hall–Kier alpha value is -0.300. The van der Waals surface area contributed by atoms with Crippen LogP contribution in [0.2, 0.25) is 0 Å². The van der Waals surface area contributed by atoms with E-state index in [0.29, 0.717) is 11.8 Å². The first kappa shape index (κ1) is 12.2. The second-order valence-corrected chi connectivity index (χ2v) is 5.80. The van der Waals surface area contributed by atoms with Gasteiger partial charge in [0.1, 0.15) is 0 Å². The smallest absolute Gasteiger partial charge is 0.0596 e. The Bertz CT molecular complexity index is 209. The summed E-state index contributed by atoms with van der Waals surface area (Å²) in [5.41, 5.74) is 0. The van der Waals surface area contributed by atoms with E-state index >= 15 is 0 Å². The molecule has 1 unspecified atom stereocenters. The van der Waals surface area contributed by atoms with Crippen LogP contribution in [0.25, 0.3) is 0 Å². The van der Waals surface area contributed by atoms with Gasteiger partial charge in [0.05, 0.1) is 6.10 Å². The van der Waals surface area contributed by atoms with E-state index in [4.69, 9.17) is 0 Å². The van der Waals surface area contributed by atoms with Crippen molar-refractivity contribution >= 4 is 0 Å². The molecule has 0 bridgehead atoms. The summed E-state index contributed by atoms with van der Waals surface area (Å²) in [7, 11) is 0. The van der Waals surface area contributed by atoms with Crippen molar-refractivity contribution in [3.63, 3.8) is 0 Å². The minimum absolute atomic E-state index is 0.00827.